The molecule has 0 saturated carbocycles. The predicted octanol–water partition coefficient (Wildman–Crippen LogP) is 0.427. The molecule has 1 aromatic rings. The van der Waals surface area contributed by atoms with E-state index in [2.05, 4.69) is 0 Å². The molecule has 0 amide bonds. The molecule has 0 aliphatic carbocycles. The predicted molar refractivity (Wildman–Crippen MR) is 50.9 cm³/mol. The van der Waals surface area contributed by atoms with Crippen LogP contribution in [0, 0.1) is 10.1 Å². The van der Waals surface area contributed by atoms with Gasteiger partial charge in [-0.25, -0.2) is 0 Å². The molecule has 0 aromatic heterocycles. The second-order valence-corrected chi connectivity index (χ2v) is 4.54. The Morgan fingerprint density at radius 1 is 1.50 bits per heavy atom. The zero-order valence-electron chi connectivity index (χ0n) is 7.04. The number of carboxylic acid groups (broad SMARTS) is 1. The molecule has 0 radical (unpaired) electrons. The van der Waals surface area contributed by atoms with Gasteiger partial charge in [-0.05, 0) is 0 Å². The van der Waals surface area contributed by atoms with E-state index in [0.29, 0.717) is 4.46 Å². The first-order chi connectivity index (χ1) is 6.61. The molecule has 0 spiro atoms. The number of carbonyl (C=O) groups is 1. The summed E-state index contributed by atoms with van der Waals surface area (Å²) < 4.78 is 0.521. The average molecular weight is 260 g/mol. The van der Waals surface area contributed by atoms with Gasteiger partial charge >= 0.3 is 85.6 Å². The van der Waals surface area contributed by atoms with Gasteiger partial charge in [0.05, 0.1) is 0 Å². The molecule has 1 rings (SSSR count). The Hall–Kier alpha value is -1.39. The van der Waals surface area contributed by atoms with Gasteiger partial charge in [0.2, 0.25) is 0 Å². The molecule has 1 N–H and O–H groups in total. The van der Waals surface area contributed by atoms with Crippen molar-refractivity contribution in [2.24, 2.45) is 0 Å². The molecule has 0 aliphatic heterocycles. The summed E-state index contributed by atoms with van der Waals surface area (Å²) in [5, 5.41) is 19.0. The van der Waals surface area contributed by atoms with Gasteiger partial charge in [0.1, 0.15) is 0 Å². The van der Waals surface area contributed by atoms with Crippen LogP contribution in [0.15, 0.2) is 24.3 Å². The number of nitrogens with zero attached hydrogens (tertiary/aromatic N) is 1. The summed E-state index contributed by atoms with van der Waals surface area (Å²) in [6, 6.07) is 6.23. The van der Waals surface area contributed by atoms with Crippen molar-refractivity contribution in [3.05, 3.63) is 34.4 Å². The minimum absolute atomic E-state index is 0.00810. The van der Waals surface area contributed by atoms with Crippen LogP contribution in [0.2, 0.25) is 5.32 Å². The van der Waals surface area contributed by atoms with Gasteiger partial charge in [-0.3, -0.25) is 0 Å². The summed E-state index contributed by atoms with van der Waals surface area (Å²) in [4.78, 5) is 20.3. The van der Waals surface area contributed by atoms with Crippen LogP contribution in [0.1, 0.15) is 0 Å². The molecular formula is C8H7NO4Se. The molecule has 0 atom stereocenters. The van der Waals surface area contributed by atoms with Crippen LogP contribution in [0.3, 0.4) is 0 Å². The SMILES string of the molecule is O=C(O)C[Se]c1ccccc1[N+](=O)[O-]. The van der Waals surface area contributed by atoms with E-state index in [9.17, 15) is 14.9 Å². The number of hydrogen-bond acceptors (Lipinski definition) is 3. The number of carboxylic acids is 1. The molecule has 74 valence electrons. The molecule has 0 unspecified atom stereocenters. The number of benzene rings is 1. The molecule has 0 aliphatic rings. The van der Waals surface area contributed by atoms with Gasteiger partial charge in [0, 0.05) is 0 Å². The zero-order valence-corrected chi connectivity index (χ0v) is 8.76. The first kappa shape index (κ1) is 10.7. The van der Waals surface area contributed by atoms with Crippen molar-refractivity contribution in [1.82, 2.24) is 0 Å². The van der Waals surface area contributed by atoms with E-state index < -0.39 is 10.9 Å². The number of para-hydroxylation sites is 1. The Morgan fingerprint density at radius 3 is 2.71 bits per heavy atom. The Bertz CT molecular complexity index is 366. The van der Waals surface area contributed by atoms with Crippen LogP contribution >= 0.6 is 0 Å². The zero-order chi connectivity index (χ0) is 10.6. The van der Waals surface area contributed by atoms with Crippen LogP contribution in [-0.4, -0.2) is 31.0 Å². The normalized spacial score (nSPS) is 9.71. The Morgan fingerprint density at radius 2 is 2.14 bits per heavy atom. The van der Waals surface area contributed by atoms with Crippen LogP contribution in [0.25, 0.3) is 0 Å². The minimum atomic E-state index is -0.928. The molecule has 1 aromatic carbocycles. The first-order valence-corrected chi connectivity index (χ1v) is 5.76. The van der Waals surface area contributed by atoms with E-state index in [4.69, 9.17) is 5.11 Å². The molecule has 5 nitrogen and oxygen atoms in total. The second kappa shape index (κ2) is 4.74. The Balaban J connectivity index is 2.84. The fourth-order valence-electron chi connectivity index (χ4n) is 0.870. The van der Waals surface area contributed by atoms with E-state index in [-0.39, 0.29) is 26.0 Å². The molecule has 0 bridgehead atoms. The van der Waals surface area contributed by atoms with Crippen LogP contribution in [-0.2, 0) is 4.79 Å². The fourth-order valence-corrected chi connectivity index (χ4v) is 2.43. The van der Waals surface area contributed by atoms with Gasteiger partial charge in [-0.1, -0.05) is 0 Å². The standard InChI is InChI=1S/C8H7NO4Se/c10-8(11)5-14-7-4-2-1-3-6(7)9(12)13/h1-4H,5H2,(H,10,11). The van der Waals surface area contributed by atoms with Crippen LogP contribution in [0.5, 0.6) is 0 Å². The maximum absolute atomic E-state index is 10.5. The van der Waals surface area contributed by atoms with E-state index in [1.54, 1.807) is 18.2 Å². The maximum atomic E-state index is 10.5. The number of nitro benzene ring substituents is 1. The summed E-state index contributed by atoms with van der Waals surface area (Å²) >= 11 is -0.379. The first-order valence-electron chi connectivity index (χ1n) is 3.69. The van der Waals surface area contributed by atoms with Crippen molar-refractivity contribution >= 4 is 31.1 Å². The quantitative estimate of drug-likeness (QED) is 0.483. The fraction of sp³-hybridized carbons (Fsp3) is 0.125. The van der Waals surface area contributed by atoms with Crippen molar-refractivity contribution in [2.75, 3.05) is 0 Å². The molecule has 6 heteroatoms. The summed E-state index contributed by atoms with van der Waals surface area (Å²) in [6.45, 7) is 0. The van der Waals surface area contributed by atoms with Gasteiger partial charge in [0.15, 0.2) is 0 Å². The van der Waals surface area contributed by atoms with Crippen molar-refractivity contribution < 1.29 is 14.8 Å². The Labute approximate surface area is 86.1 Å². The van der Waals surface area contributed by atoms with Crippen LogP contribution in [0.4, 0.5) is 5.69 Å². The van der Waals surface area contributed by atoms with E-state index in [1.807, 2.05) is 0 Å². The van der Waals surface area contributed by atoms with Crippen molar-refractivity contribution in [3.63, 3.8) is 0 Å². The van der Waals surface area contributed by atoms with Gasteiger partial charge in [0.25, 0.3) is 0 Å². The Kier molecular flexibility index (Phi) is 3.62. The number of aliphatic carboxylic acids is 1. The van der Waals surface area contributed by atoms with Gasteiger partial charge < -0.3 is 0 Å². The number of rotatable bonds is 4. The summed E-state index contributed by atoms with van der Waals surface area (Å²) in [5.74, 6) is -0.928. The van der Waals surface area contributed by atoms with Gasteiger partial charge in [-0.15, -0.1) is 0 Å². The third-order valence-electron chi connectivity index (χ3n) is 1.41. The molecule has 0 fully saturated rings. The molecule has 0 heterocycles. The van der Waals surface area contributed by atoms with Crippen molar-refractivity contribution in [2.45, 2.75) is 5.32 Å². The van der Waals surface area contributed by atoms with Gasteiger partial charge in [-0.2, -0.15) is 0 Å². The van der Waals surface area contributed by atoms with Crippen molar-refractivity contribution in [1.29, 1.82) is 0 Å². The van der Waals surface area contributed by atoms with E-state index in [0.717, 1.165) is 0 Å². The molecule has 0 saturated heterocycles. The van der Waals surface area contributed by atoms with E-state index in [1.165, 1.54) is 6.07 Å². The third-order valence-corrected chi connectivity index (χ3v) is 3.61. The third kappa shape index (κ3) is 2.83. The second-order valence-electron chi connectivity index (χ2n) is 2.41. The van der Waals surface area contributed by atoms with E-state index >= 15 is 0 Å². The van der Waals surface area contributed by atoms with Crippen molar-refractivity contribution in [3.8, 4) is 0 Å². The number of nitro groups is 1. The molecule has 14 heavy (non-hydrogen) atoms. The number of hydrogen-bond donors (Lipinski definition) is 1. The molecular weight excluding hydrogens is 253 g/mol. The van der Waals surface area contributed by atoms with Crippen LogP contribution < -0.4 is 4.46 Å². The summed E-state index contributed by atoms with van der Waals surface area (Å²) in [5.41, 5.74) is 0.00810. The summed E-state index contributed by atoms with van der Waals surface area (Å²) in [6.07, 6.45) is 0. The average Bonchev–Trinajstić information content (AvgIpc) is 2.15. The topological polar surface area (TPSA) is 80.4 Å². The summed E-state index contributed by atoms with van der Waals surface area (Å²) in [7, 11) is 0. The monoisotopic (exact) mass is 261 g/mol.